The van der Waals surface area contributed by atoms with E-state index in [0.717, 1.165) is 0 Å². The fourth-order valence-corrected chi connectivity index (χ4v) is 11.6. The minimum atomic E-state index is -1.94. The number of fused-ring (bicyclic) bond motifs is 10. The van der Waals surface area contributed by atoms with Crippen LogP contribution in [0.3, 0.4) is 0 Å². The zero-order valence-electron chi connectivity index (χ0n) is 26.6. The van der Waals surface area contributed by atoms with Crippen molar-refractivity contribution in [3.05, 3.63) is 11.8 Å². The number of Topliss-reactive ketones (excluding diaryl/α,β-unsaturated/α-hetero) is 1. The molecule has 246 valence electrons. The summed E-state index contributed by atoms with van der Waals surface area (Å²) in [6, 6.07) is 0. The van der Waals surface area contributed by atoms with Crippen LogP contribution in [0.5, 0.6) is 0 Å². The second kappa shape index (κ2) is 9.60. The highest BCUT2D eigenvalue weighted by atomic mass is 16.6. The van der Waals surface area contributed by atoms with Crippen LogP contribution in [0.2, 0.25) is 0 Å². The largest absolute Gasteiger partial charge is 0.462 e. The molecule has 0 radical (unpaired) electrons. The third-order valence-corrected chi connectivity index (χ3v) is 13.0. The summed E-state index contributed by atoms with van der Waals surface area (Å²) in [5.74, 6) is -7.51. The first-order chi connectivity index (χ1) is 20.9. The zero-order chi connectivity index (χ0) is 32.7. The molecule has 17 atom stereocenters. The van der Waals surface area contributed by atoms with E-state index in [9.17, 15) is 34.2 Å². The highest BCUT2D eigenvalue weighted by Crippen LogP contribution is 2.73. The minimum Gasteiger partial charge on any atom is -0.462 e. The molecule has 12 heteroatoms. The lowest BCUT2D eigenvalue weighted by atomic mass is 9.42. The lowest BCUT2D eigenvalue weighted by Crippen LogP contribution is -2.70. The summed E-state index contributed by atoms with van der Waals surface area (Å²) >= 11 is 0. The Balaban J connectivity index is 1.44. The summed E-state index contributed by atoms with van der Waals surface area (Å²) in [5.41, 5.74) is -3.91. The van der Waals surface area contributed by atoms with Gasteiger partial charge in [0.15, 0.2) is 11.4 Å². The molecule has 17 unspecified atom stereocenters. The molecule has 4 saturated carbocycles. The molecule has 5 aliphatic carbocycles. The van der Waals surface area contributed by atoms with Crippen LogP contribution < -0.4 is 0 Å². The van der Waals surface area contributed by atoms with Gasteiger partial charge in [0.2, 0.25) is 0 Å². The van der Waals surface area contributed by atoms with E-state index < -0.39 is 112 Å². The first kappa shape index (κ1) is 30.8. The maximum Gasteiger partial charge on any atom is 0.343 e. The predicted octanol–water partition coefficient (Wildman–Crippen LogP) is 1.48. The maximum atomic E-state index is 14.2. The number of ether oxygens (including phenoxy) is 5. The number of allylic oxidation sites excluding steroid dienone is 1. The average Bonchev–Trinajstić information content (AvgIpc) is 3.60. The summed E-state index contributed by atoms with van der Waals surface area (Å²) in [6.45, 7) is 11.1. The van der Waals surface area contributed by atoms with Crippen molar-refractivity contribution in [1.29, 1.82) is 0 Å². The second-order valence-electron chi connectivity index (χ2n) is 15.2. The third-order valence-electron chi connectivity index (χ3n) is 13.0. The smallest absolute Gasteiger partial charge is 0.343 e. The maximum absolute atomic E-state index is 14.2. The van der Waals surface area contributed by atoms with Gasteiger partial charge >= 0.3 is 23.9 Å². The molecule has 7 rings (SSSR count). The van der Waals surface area contributed by atoms with E-state index in [0.29, 0.717) is 12.2 Å². The molecule has 6 fully saturated rings. The molecule has 2 saturated heterocycles. The van der Waals surface area contributed by atoms with Crippen molar-refractivity contribution in [2.45, 2.75) is 104 Å². The molecule has 0 aromatic carbocycles. The quantitative estimate of drug-likeness (QED) is 0.261. The van der Waals surface area contributed by atoms with Crippen molar-refractivity contribution < 1.29 is 57.9 Å². The molecule has 0 amide bonds. The number of ketones is 1. The van der Waals surface area contributed by atoms with Gasteiger partial charge in [-0.15, -0.1) is 0 Å². The first-order valence-electron chi connectivity index (χ1n) is 16.0. The third kappa shape index (κ3) is 3.91. The Morgan fingerprint density at radius 3 is 2.18 bits per heavy atom. The SMILES string of the molecule is CC(=O)OC1C2C3C(=CC(C)C2C2(C)C(OC(C)=O)CC4C(C(O)C(=O)C5CC6OC6C(OC(C)=O)C54C)C12)OC(=O)C3(C)O. The predicted molar refractivity (Wildman–Crippen MR) is 150 cm³/mol. The van der Waals surface area contributed by atoms with Crippen molar-refractivity contribution in [2.75, 3.05) is 0 Å². The molecule has 0 aromatic rings. The number of esters is 4. The van der Waals surface area contributed by atoms with E-state index in [1.807, 2.05) is 26.8 Å². The van der Waals surface area contributed by atoms with Crippen LogP contribution in [0.1, 0.15) is 61.3 Å². The Morgan fingerprint density at radius 1 is 0.911 bits per heavy atom. The van der Waals surface area contributed by atoms with Crippen LogP contribution >= 0.6 is 0 Å². The van der Waals surface area contributed by atoms with Crippen molar-refractivity contribution >= 4 is 29.7 Å². The lowest BCUT2D eigenvalue weighted by Gasteiger charge is -2.63. The number of rotatable bonds is 3. The van der Waals surface area contributed by atoms with Gasteiger partial charge in [0, 0.05) is 55.3 Å². The Labute approximate surface area is 261 Å². The number of carbonyl (C=O) groups excluding carboxylic acids is 5. The van der Waals surface area contributed by atoms with Gasteiger partial charge < -0.3 is 33.9 Å². The van der Waals surface area contributed by atoms with Crippen molar-refractivity contribution in [2.24, 2.45) is 58.2 Å². The van der Waals surface area contributed by atoms with Gasteiger partial charge in [-0.1, -0.05) is 20.8 Å². The average molecular weight is 631 g/mol. The van der Waals surface area contributed by atoms with Gasteiger partial charge in [0.25, 0.3) is 0 Å². The highest BCUT2D eigenvalue weighted by Gasteiger charge is 2.79. The fourth-order valence-electron chi connectivity index (χ4n) is 11.6. The Bertz CT molecular complexity index is 1420. The molecular weight excluding hydrogens is 588 g/mol. The molecule has 12 nitrogen and oxygen atoms in total. The molecule has 2 aliphatic heterocycles. The molecule has 2 heterocycles. The fraction of sp³-hybridized carbons (Fsp3) is 0.788. The summed E-state index contributed by atoms with van der Waals surface area (Å²) in [5, 5.41) is 23.6. The molecule has 0 spiro atoms. The lowest BCUT2D eigenvalue weighted by molar-refractivity contribution is -0.235. The van der Waals surface area contributed by atoms with Gasteiger partial charge in [-0.3, -0.25) is 19.2 Å². The van der Waals surface area contributed by atoms with Crippen LogP contribution in [0.4, 0.5) is 0 Å². The van der Waals surface area contributed by atoms with E-state index in [4.69, 9.17) is 23.7 Å². The van der Waals surface area contributed by atoms with Crippen LogP contribution in [-0.4, -0.2) is 82.1 Å². The topological polar surface area (TPSA) is 175 Å². The van der Waals surface area contributed by atoms with Crippen LogP contribution in [0.25, 0.3) is 0 Å². The number of aliphatic hydroxyl groups is 2. The monoisotopic (exact) mass is 630 g/mol. The Kier molecular flexibility index (Phi) is 6.57. The molecular formula is C33H42O12. The number of carbonyl (C=O) groups is 5. The number of hydrogen-bond donors (Lipinski definition) is 2. The molecule has 2 N–H and O–H groups in total. The normalized spacial score (nSPS) is 53.7. The summed E-state index contributed by atoms with van der Waals surface area (Å²) in [7, 11) is 0. The van der Waals surface area contributed by atoms with Crippen molar-refractivity contribution in [3.8, 4) is 0 Å². The van der Waals surface area contributed by atoms with Crippen LogP contribution in [-0.2, 0) is 47.7 Å². The van der Waals surface area contributed by atoms with Gasteiger partial charge in [0.05, 0.1) is 12.0 Å². The highest BCUT2D eigenvalue weighted by molar-refractivity contribution is 5.88. The molecule has 0 aromatic heterocycles. The van der Waals surface area contributed by atoms with Crippen molar-refractivity contribution in [3.63, 3.8) is 0 Å². The number of epoxide rings is 1. The van der Waals surface area contributed by atoms with Crippen LogP contribution in [0.15, 0.2) is 11.8 Å². The summed E-state index contributed by atoms with van der Waals surface area (Å²) in [4.78, 5) is 65.2. The van der Waals surface area contributed by atoms with Gasteiger partial charge in [-0.05, 0) is 43.6 Å². The van der Waals surface area contributed by atoms with Gasteiger partial charge in [0.1, 0.15) is 36.3 Å². The van der Waals surface area contributed by atoms with Gasteiger partial charge in [-0.2, -0.15) is 0 Å². The van der Waals surface area contributed by atoms with Crippen LogP contribution in [0, 0.1) is 58.2 Å². The summed E-state index contributed by atoms with van der Waals surface area (Å²) < 4.78 is 29.7. The Morgan fingerprint density at radius 2 is 1.56 bits per heavy atom. The second-order valence-corrected chi connectivity index (χ2v) is 15.2. The number of aliphatic hydroxyl groups excluding tert-OH is 1. The zero-order valence-corrected chi connectivity index (χ0v) is 26.6. The van der Waals surface area contributed by atoms with E-state index >= 15 is 0 Å². The van der Waals surface area contributed by atoms with E-state index in [1.165, 1.54) is 27.7 Å². The van der Waals surface area contributed by atoms with E-state index in [1.54, 1.807) is 0 Å². The van der Waals surface area contributed by atoms with E-state index in [-0.39, 0.29) is 24.2 Å². The first-order valence-corrected chi connectivity index (χ1v) is 16.0. The molecule has 0 bridgehead atoms. The minimum absolute atomic E-state index is 0.250. The standard InChI is InChI=1S/C33H42O12/c1-11-8-17-23(33(7,40)30(39)45-17)21-22(11)32(6)19(41-12(2)34)10-15-20(24(32)28(21)42-13(3)35)26(38)25(37)16-9-18-27(44-18)29(31(15,16)5)43-14(4)36/h8,11,15-16,18-24,26-29,38,40H,9-10H2,1-7H3. The molecule has 7 aliphatic rings. The molecule has 45 heavy (non-hydrogen) atoms. The Hall–Kier alpha value is -2.83. The van der Waals surface area contributed by atoms with E-state index in [2.05, 4.69) is 0 Å². The number of hydrogen-bond acceptors (Lipinski definition) is 12. The summed E-state index contributed by atoms with van der Waals surface area (Å²) in [6.07, 6.45) is -2.23. The van der Waals surface area contributed by atoms with Crippen molar-refractivity contribution in [1.82, 2.24) is 0 Å². The van der Waals surface area contributed by atoms with Gasteiger partial charge in [-0.25, -0.2) is 4.79 Å².